The van der Waals surface area contributed by atoms with Crippen molar-refractivity contribution in [1.82, 2.24) is 4.83 Å². The van der Waals surface area contributed by atoms with E-state index in [1.54, 1.807) is 24.3 Å². The first kappa shape index (κ1) is 13.8. The summed E-state index contributed by atoms with van der Waals surface area (Å²) in [4.78, 5) is 2.52. The number of hydrazone groups is 1. The molecular weight excluding hydrogens is 260 g/mol. The van der Waals surface area contributed by atoms with Gasteiger partial charge in [0.15, 0.2) is 0 Å². The van der Waals surface area contributed by atoms with E-state index in [2.05, 4.69) is 16.9 Å². The van der Waals surface area contributed by atoms with Crippen molar-refractivity contribution in [3.63, 3.8) is 0 Å². The second-order valence-electron chi connectivity index (χ2n) is 5.00. The van der Waals surface area contributed by atoms with Gasteiger partial charge < -0.3 is 0 Å². The molecule has 0 spiro atoms. The highest BCUT2D eigenvalue weighted by molar-refractivity contribution is 7.89. The molecule has 1 atom stereocenters. The number of benzene rings is 1. The summed E-state index contributed by atoms with van der Waals surface area (Å²) in [6, 6.07) is 6.69. The number of hydrogen-bond acceptors (Lipinski definition) is 3. The fourth-order valence-electron chi connectivity index (χ4n) is 1.91. The third-order valence-corrected chi connectivity index (χ3v) is 4.55. The van der Waals surface area contributed by atoms with Gasteiger partial charge in [0.2, 0.25) is 0 Å². The topological polar surface area (TPSA) is 58.5 Å². The lowest BCUT2D eigenvalue weighted by Crippen LogP contribution is -2.19. The van der Waals surface area contributed by atoms with Crippen LogP contribution < -0.4 is 4.83 Å². The lowest BCUT2D eigenvalue weighted by molar-refractivity contribution is 0.584. The summed E-state index contributed by atoms with van der Waals surface area (Å²) < 4.78 is 24.0. The van der Waals surface area contributed by atoms with Crippen LogP contribution in [0.3, 0.4) is 0 Å². The van der Waals surface area contributed by atoms with Crippen LogP contribution in [0.5, 0.6) is 0 Å². The van der Waals surface area contributed by atoms with Crippen LogP contribution in [-0.4, -0.2) is 14.1 Å². The van der Waals surface area contributed by atoms with Crippen LogP contribution in [0.4, 0.5) is 0 Å². The fourth-order valence-corrected chi connectivity index (χ4v) is 2.74. The van der Waals surface area contributed by atoms with E-state index in [4.69, 9.17) is 0 Å². The molecule has 102 valence electrons. The average molecular weight is 278 g/mol. The molecule has 1 unspecified atom stereocenters. The molecule has 1 aliphatic rings. The first-order valence-corrected chi connectivity index (χ1v) is 7.70. The molecule has 0 bridgehead atoms. The molecule has 0 fully saturated rings. The van der Waals surface area contributed by atoms with Crippen molar-refractivity contribution >= 4 is 15.7 Å². The summed E-state index contributed by atoms with van der Waals surface area (Å²) in [6.45, 7) is 6.04. The van der Waals surface area contributed by atoms with Crippen molar-refractivity contribution < 1.29 is 8.42 Å². The molecule has 19 heavy (non-hydrogen) atoms. The molecule has 0 aliphatic heterocycles. The van der Waals surface area contributed by atoms with E-state index < -0.39 is 10.0 Å². The Morgan fingerprint density at radius 2 is 1.84 bits per heavy atom. The second-order valence-corrected chi connectivity index (χ2v) is 6.67. The largest absolute Gasteiger partial charge is 0.276 e. The molecule has 0 radical (unpaired) electrons. The normalized spacial score (nSPS) is 21.5. The molecule has 1 aliphatic carbocycles. The zero-order valence-corrected chi connectivity index (χ0v) is 12.2. The van der Waals surface area contributed by atoms with Gasteiger partial charge in [0.25, 0.3) is 10.0 Å². The van der Waals surface area contributed by atoms with E-state index in [-0.39, 0.29) is 4.90 Å². The number of allylic oxidation sites excluding steroid dienone is 2. The van der Waals surface area contributed by atoms with Gasteiger partial charge in [-0.2, -0.15) is 18.4 Å². The first-order valence-electron chi connectivity index (χ1n) is 6.22. The minimum absolute atomic E-state index is 0.231. The van der Waals surface area contributed by atoms with Crippen molar-refractivity contribution in [1.29, 1.82) is 0 Å². The van der Waals surface area contributed by atoms with E-state index >= 15 is 0 Å². The molecule has 0 saturated carbocycles. The molecule has 1 aromatic carbocycles. The summed E-state index contributed by atoms with van der Waals surface area (Å²) in [5.41, 5.74) is 3.03. The minimum Gasteiger partial charge on any atom is -0.200 e. The fraction of sp³-hybridized carbons (Fsp3) is 0.357. The number of rotatable bonds is 3. The van der Waals surface area contributed by atoms with E-state index in [9.17, 15) is 8.42 Å². The van der Waals surface area contributed by atoms with Gasteiger partial charge in [-0.25, -0.2) is 0 Å². The van der Waals surface area contributed by atoms with E-state index in [1.807, 2.05) is 19.9 Å². The van der Waals surface area contributed by atoms with Crippen LogP contribution in [0.1, 0.15) is 25.8 Å². The van der Waals surface area contributed by atoms with Crippen LogP contribution in [0.25, 0.3) is 0 Å². The molecule has 0 heterocycles. The van der Waals surface area contributed by atoms with Gasteiger partial charge in [-0.15, -0.1) is 0 Å². The van der Waals surface area contributed by atoms with E-state index in [0.29, 0.717) is 5.92 Å². The third-order valence-electron chi connectivity index (χ3n) is 3.33. The van der Waals surface area contributed by atoms with Gasteiger partial charge in [-0.3, -0.25) is 0 Å². The van der Waals surface area contributed by atoms with Crippen LogP contribution in [0, 0.1) is 12.8 Å². The maximum Gasteiger partial charge on any atom is 0.276 e. The van der Waals surface area contributed by atoms with Gasteiger partial charge in [0.05, 0.1) is 10.6 Å². The predicted molar refractivity (Wildman–Crippen MR) is 76.5 cm³/mol. The van der Waals surface area contributed by atoms with Crippen molar-refractivity contribution in [3.05, 3.63) is 41.5 Å². The van der Waals surface area contributed by atoms with E-state index in [1.165, 1.54) is 5.57 Å². The van der Waals surface area contributed by atoms with E-state index in [0.717, 1.165) is 17.7 Å². The molecule has 1 aromatic rings. The Morgan fingerprint density at radius 1 is 1.21 bits per heavy atom. The van der Waals surface area contributed by atoms with Crippen LogP contribution in [0.15, 0.2) is 45.9 Å². The first-order chi connectivity index (χ1) is 8.88. The average Bonchev–Trinajstić information content (AvgIpc) is 2.67. The smallest absolute Gasteiger partial charge is 0.200 e. The summed E-state index contributed by atoms with van der Waals surface area (Å²) >= 11 is 0. The number of nitrogens with one attached hydrogen (secondary N) is 1. The van der Waals surface area contributed by atoms with Crippen molar-refractivity contribution in [2.24, 2.45) is 11.0 Å². The summed E-state index contributed by atoms with van der Waals surface area (Å²) in [5, 5.41) is 4.00. The second kappa shape index (κ2) is 5.17. The molecule has 2 rings (SSSR count). The predicted octanol–water partition coefficient (Wildman–Crippen LogP) is 2.62. The van der Waals surface area contributed by atoms with Crippen LogP contribution >= 0.6 is 0 Å². The molecule has 4 nitrogen and oxygen atoms in total. The standard InChI is InChI=1S/C14H18N2O2S/c1-10-4-6-14(7-5-10)19(17,18)16-15-13-8-11(2)12(3)9-13/h4-8,12,16H,9H2,1-3H3/b15-13-. The molecular formula is C14H18N2O2S. The van der Waals surface area contributed by atoms with Gasteiger partial charge in [-0.1, -0.05) is 30.2 Å². The third kappa shape index (κ3) is 3.23. The van der Waals surface area contributed by atoms with Gasteiger partial charge in [-0.05, 0) is 44.4 Å². The Labute approximate surface area is 114 Å². The highest BCUT2D eigenvalue weighted by atomic mass is 32.2. The number of nitrogens with zero attached hydrogens (tertiary/aromatic N) is 1. The Balaban J connectivity index is 2.15. The van der Waals surface area contributed by atoms with Crippen molar-refractivity contribution in [2.75, 3.05) is 0 Å². The maximum atomic E-state index is 12.0. The SMILES string of the molecule is CC1=C/C(=N/NS(=O)(=O)c2ccc(C)cc2)CC1C. The summed E-state index contributed by atoms with van der Waals surface area (Å²) in [5.74, 6) is 0.433. The monoisotopic (exact) mass is 278 g/mol. The number of hydrogen-bond donors (Lipinski definition) is 1. The Morgan fingerprint density at radius 3 is 2.37 bits per heavy atom. The summed E-state index contributed by atoms with van der Waals surface area (Å²) in [6.07, 6.45) is 2.71. The van der Waals surface area contributed by atoms with Gasteiger partial charge in [0.1, 0.15) is 0 Å². The molecule has 1 N–H and O–H groups in total. The highest BCUT2D eigenvalue weighted by Crippen LogP contribution is 2.22. The Hall–Kier alpha value is -1.62. The van der Waals surface area contributed by atoms with Crippen LogP contribution in [0.2, 0.25) is 0 Å². The lowest BCUT2D eigenvalue weighted by Gasteiger charge is -2.05. The van der Waals surface area contributed by atoms with Crippen LogP contribution in [-0.2, 0) is 10.0 Å². The minimum atomic E-state index is -3.57. The number of sulfonamides is 1. The maximum absolute atomic E-state index is 12.0. The Kier molecular flexibility index (Phi) is 3.75. The molecule has 0 amide bonds. The van der Waals surface area contributed by atoms with Crippen molar-refractivity contribution in [3.8, 4) is 0 Å². The zero-order valence-electron chi connectivity index (χ0n) is 11.3. The quantitative estimate of drug-likeness (QED) is 0.864. The lowest BCUT2D eigenvalue weighted by atomic mass is 10.1. The molecule has 0 aromatic heterocycles. The molecule has 5 heteroatoms. The van der Waals surface area contributed by atoms with Gasteiger partial charge in [0, 0.05) is 0 Å². The molecule has 0 saturated heterocycles. The zero-order chi connectivity index (χ0) is 14.0. The van der Waals surface area contributed by atoms with Gasteiger partial charge >= 0.3 is 0 Å². The Bertz CT molecular complexity index is 628. The highest BCUT2D eigenvalue weighted by Gasteiger charge is 2.17. The van der Waals surface area contributed by atoms with Crippen molar-refractivity contribution in [2.45, 2.75) is 32.1 Å². The number of aryl methyl sites for hydroxylation is 1. The summed E-state index contributed by atoms with van der Waals surface area (Å²) in [7, 11) is -3.57.